The number of ether oxygens (including phenoxy) is 3. The average Bonchev–Trinajstić information content (AvgIpc) is 2.91. The van der Waals surface area contributed by atoms with Crippen molar-refractivity contribution in [2.45, 2.75) is 44.8 Å². The molecule has 0 bridgehead atoms. The number of aromatic nitrogens is 2. The summed E-state index contributed by atoms with van der Waals surface area (Å²) < 4.78 is 45.2. The first-order valence-electron chi connectivity index (χ1n) is 8.72. The minimum atomic E-state index is -4.06. The first-order valence-corrected chi connectivity index (χ1v) is 10.5. The van der Waals surface area contributed by atoms with Gasteiger partial charge in [-0.3, -0.25) is 28.1 Å². The molecule has 0 amide bonds. The fourth-order valence-corrected chi connectivity index (χ4v) is 3.55. The molecule has 0 aliphatic carbocycles. The second-order valence-corrected chi connectivity index (χ2v) is 8.12. The molecular weight excluding hydrogens is 424 g/mol. The van der Waals surface area contributed by atoms with Gasteiger partial charge in [0.1, 0.15) is 18.8 Å². The minimum absolute atomic E-state index is 0.126. The lowest BCUT2D eigenvalue weighted by atomic mass is 10.1. The van der Waals surface area contributed by atoms with Crippen molar-refractivity contribution in [1.82, 2.24) is 9.55 Å². The number of rotatable bonds is 8. The van der Waals surface area contributed by atoms with Crippen molar-refractivity contribution >= 4 is 22.1 Å². The standard InChI is InChI=1S/C17H22N2O10S/c1-5-6-11-7-19(17(23)18-15(11)22)16-14(27-10(3)21)13(29-30(4,24)25)12(28-16)8-26-9(2)20/h5,7,12-14,16H,1,6,8H2,2-4H3,(H,18,22,23)/t12-,13+,14-,16-/m1/s1. The van der Waals surface area contributed by atoms with Gasteiger partial charge >= 0.3 is 17.6 Å². The lowest BCUT2D eigenvalue weighted by Gasteiger charge is -2.23. The zero-order chi connectivity index (χ0) is 22.6. The van der Waals surface area contributed by atoms with Crippen molar-refractivity contribution in [3.05, 3.63) is 45.3 Å². The fraction of sp³-hybridized carbons (Fsp3) is 0.529. The summed E-state index contributed by atoms with van der Waals surface area (Å²) in [5, 5.41) is 0. The molecule has 0 aromatic carbocycles. The Kier molecular flexibility index (Phi) is 7.34. The minimum Gasteiger partial charge on any atom is -0.463 e. The number of carbonyl (C=O) groups excluding carboxylic acids is 2. The Morgan fingerprint density at radius 1 is 1.27 bits per heavy atom. The highest BCUT2D eigenvalue weighted by Gasteiger charge is 2.51. The van der Waals surface area contributed by atoms with Crippen molar-refractivity contribution < 1.29 is 36.4 Å². The predicted molar refractivity (Wildman–Crippen MR) is 101 cm³/mol. The summed E-state index contributed by atoms with van der Waals surface area (Å²) in [6.45, 7) is 5.31. The van der Waals surface area contributed by atoms with Gasteiger partial charge in [-0.15, -0.1) is 6.58 Å². The molecule has 0 unspecified atom stereocenters. The molecule has 1 fully saturated rings. The average molecular weight is 446 g/mol. The Hall–Kier alpha value is -2.77. The van der Waals surface area contributed by atoms with Crippen LogP contribution in [-0.2, 0) is 44.5 Å². The molecule has 0 spiro atoms. The van der Waals surface area contributed by atoms with Crippen LogP contribution in [0.1, 0.15) is 25.6 Å². The molecule has 1 aromatic heterocycles. The molecule has 4 atom stereocenters. The number of allylic oxidation sites excluding steroid dienone is 1. The van der Waals surface area contributed by atoms with Gasteiger partial charge < -0.3 is 14.2 Å². The van der Waals surface area contributed by atoms with E-state index >= 15 is 0 Å². The van der Waals surface area contributed by atoms with E-state index in [2.05, 4.69) is 11.6 Å². The maximum atomic E-state index is 12.4. The Labute approximate surface area is 171 Å². The van der Waals surface area contributed by atoms with Crippen molar-refractivity contribution in [3.63, 3.8) is 0 Å². The molecule has 1 aromatic rings. The van der Waals surface area contributed by atoms with Gasteiger partial charge in [-0.1, -0.05) is 6.08 Å². The molecule has 1 aliphatic rings. The zero-order valence-corrected chi connectivity index (χ0v) is 17.3. The van der Waals surface area contributed by atoms with Crippen molar-refractivity contribution in [2.75, 3.05) is 12.9 Å². The largest absolute Gasteiger partial charge is 0.463 e. The number of aromatic amines is 1. The topological polar surface area (TPSA) is 160 Å². The van der Waals surface area contributed by atoms with Crippen LogP contribution in [0.2, 0.25) is 0 Å². The SMILES string of the molecule is C=CCc1cn([C@@H]2O[C@H](COC(C)=O)[C@H](OS(C)(=O)=O)[C@H]2OC(C)=O)c(=O)[nH]c1=O. The number of hydrogen-bond acceptors (Lipinski definition) is 10. The first kappa shape index (κ1) is 23.5. The Morgan fingerprint density at radius 2 is 1.93 bits per heavy atom. The Balaban J connectivity index is 2.55. The number of esters is 2. The molecule has 166 valence electrons. The first-order chi connectivity index (χ1) is 13.9. The maximum Gasteiger partial charge on any atom is 0.330 e. The molecule has 30 heavy (non-hydrogen) atoms. The summed E-state index contributed by atoms with van der Waals surface area (Å²) in [6, 6.07) is 0. The van der Waals surface area contributed by atoms with E-state index in [1.165, 1.54) is 12.3 Å². The summed E-state index contributed by atoms with van der Waals surface area (Å²) in [7, 11) is -4.06. The molecule has 1 saturated heterocycles. The second kappa shape index (κ2) is 9.36. The maximum absolute atomic E-state index is 12.4. The van der Waals surface area contributed by atoms with E-state index in [9.17, 15) is 27.6 Å². The quantitative estimate of drug-likeness (QED) is 0.298. The molecule has 13 heteroatoms. The fourth-order valence-electron chi connectivity index (χ4n) is 2.92. The number of hydrogen-bond donors (Lipinski definition) is 1. The summed E-state index contributed by atoms with van der Waals surface area (Å²) in [6.07, 6.45) is -1.85. The van der Waals surface area contributed by atoms with E-state index in [4.69, 9.17) is 18.4 Å². The van der Waals surface area contributed by atoms with Gasteiger partial charge in [-0.25, -0.2) is 4.79 Å². The van der Waals surface area contributed by atoms with Crippen LogP contribution in [-0.4, -0.2) is 61.1 Å². The third-order valence-corrected chi connectivity index (χ3v) is 4.58. The summed E-state index contributed by atoms with van der Waals surface area (Å²) >= 11 is 0. The molecule has 1 N–H and O–H groups in total. The lowest BCUT2D eigenvalue weighted by molar-refractivity contribution is -0.155. The van der Waals surface area contributed by atoms with E-state index in [0.717, 1.165) is 24.7 Å². The molecule has 12 nitrogen and oxygen atoms in total. The highest BCUT2D eigenvalue weighted by atomic mass is 32.2. The van der Waals surface area contributed by atoms with Crippen molar-refractivity contribution in [3.8, 4) is 0 Å². The zero-order valence-electron chi connectivity index (χ0n) is 16.5. The van der Waals surface area contributed by atoms with Crippen molar-refractivity contribution in [2.24, 2.45) is 0 Å². The summed E-state index contributed by atoms with van der Waals surface area (Å²) in [5.41, 5.74) is -1.36. The molecule has 0 saturated carbocycles. The van der Waals surface area contributed by atoms with E-state index in [0.29, 0.717) is 0 Å². The smallest absolute Gasteiger partial charge is 0.330 e. The summed E-state index contributed by atoms with van der Waals surface area (Å²) in [4.78, 5) is 49.3. The highest BCUT2D eigenvalue weighted by Crippen LogP contribution is 2.34. The van der Waals surface area contributed by atoms with E-state index in [-0.39, 0.29) is 12.0 Å². The van der Waals surface area contributed by atoms with Crippen LogP contribution < -0.4 is 11.2 Å². The molecule has 2 heterocycles. The monoisotopic (exact) mass is 446 g/mol. The predicted octanol–water partition coefficient (Wildman–Crippen LogP) is -0.998. The highest BCUT2D eigenvalue weighted by molar-refractivity contribution is 7.86. The van der Waals surface area contributed by atoms with Crippen LogP contribution >= 0.6 is 0 Å². The third-order valence-electron chi connectivity index (χ3n) is 4.00. The number of nitrogens with zero attached hydrogens (tertiary/aromatic N) is 1. The van der Waals surface area contributed by atoms with E-state index in [1.807, 2.05) is 0 Å². The number of carbonyl (C=O) groups is 2. The van der Waals surface area contributed by atoms with Gasteiger partial charge in [0.25, 0.3) is 15.7 Å². The van der Waals surface area contributed by atoms with Gasteiger partial charge in [0.2, 0.25) is 0 Å². The van der Waals surface area contributed by atoms with Gasteiger partial charge in [0.15, 0.2) is 12.3 Å². The summed E-state index contributed by atoms with van der Waals surface area (Å²) in [5.74, 6) is -1.47. The Morgan fingerprint density at radius 3 is 2.47 bits per heavy atom. The normalized spacial score (nSPS) is 23.7. The van der Waals surface area contributed by atoms with E-state index < -0.39 is 64.5 Å². The van der Waals surface area contributed by atoms with Gasteiger partial charge in [-0.2, -0.15) is 8.42 Å². The van der Waals surface area contributed by atoms with Crippen LogP contribution in [0.5, 0.6) is 0 Å². The third kappa shape index (κ3) is 5.87. The van der Waals surface area contributed by atoms with Crippen LogP contribution in [0.15, 0.2) is 28.4 Å². The molecule has 2 rings (SSSR count). The Bertz CT molecular complexity index is 1040. The van der Waals surface area contributed by atoms with E-state index in [1.54, 1.807) is 0 Å². The van der Waals surface area contributed by atoms with Crippen LogP contribution in [0.25, 0.3) is 0 Å². The van der Waals surface area contributed by atoms with Crippen LogP contribution in [0, 0.1) is 0 Å². The van der Waals surface area contributed by atoms with Gasteiger partial charge in [0.05, 0.1) is 6.26 Å². The molecule has 0 radical (unpaired) electrons. The van der Waals surface area contributed by atoms with Gasteiger partial charge in [-0.05, 0) is 6.42 Å². The molecule has 1 aliphatic heterocycles. The number of H-pyrrole nitrogens is 1. The second-order valence-electron chi connectivity index (χ2n) is 6.52. The van der Waals surface area contributed by atoms with Crippen LogP contribution in [0.3, 0.4) is 0 Å². The van der Waals surface area contributed by atoms with Crippen LogP contribution in [0.4, 0.5) is 0 Å². The lowest BCUT2D eigenvalue weighted by Crippen LogP contribution is -2.43. The van der Waals surface area contributed by atoms with Crippen molar-refractivity contribution in [1.29, 1.82) is 0 Å². The number of nitrogens with one attached hydrogen (secondary N) is 1. The van der Waals surface area contributed by atoms with Gasteiger partial charge in [0, 0.05) is 25.6 Å². The molecular formula is C17H22N2O10S.